The molecule has 0 saturated heterocycles. The average molecular weight is 284 g/mol. The molecule has 1 amide bonds. The fourth-order valence-electron chi connectivity index (χ4n) is 2.94. The third-order valence-corrected chi connectivity index (χ3v) is 4.03. The number of nitrogens with zero attached hydrogens (tertiary/aromatic N) is 3. The molecule has 0 bridgehead atoms. The second kappa shape index (κ2) is 4.91. The van der Waals surface area contributed by atoms with Crippen molar-refractivity contribution in [3.63, 3.8) is 0 Å². The second-order valence-corrected chi connectivity index (χ2v) is 5.85. The van der Waals surface area contributed by atoms with Crippen LogP contribution in [0.2, 0.25) is 0 Å². The third kappa shape index (κ3) is 2.39. The van der Waals surface area contributed by atoms with Crippen LogP contribution in [0, 0.1) is 6.92 Å². The van der Waals surface area contributed by atoms with Crippen LogP contribution in [0.5, 0.6) is 0 Å². The molecule has 0 aliphatic carbocycles. The molecule has 21 heavy (non-hydrogen) atoms. The Morgan fingerprint density at radius 1 is 1.33 bits per heavy atom. The van der Waals surface area contributed by atoms with Crippen LogP contribution in [0.4, 0.5) is 11.5 Å². The summed E-state index contributed by atoms with van der Waals surface area (Å²) in [5.74, 6) is 0.802. The number of carbonyl (C=O) groups excluding carboxylic acids is 1. The highest BCUT2D eigenvalue weighted by molar-refractivity contribution is 5.94. The van der Waals surface area contributed by atoms with Gasteiger partial charge in [0.1, 0.15) is 0 Å². The standard InChI is InChI=1S/C16H20N4O/c1-10-7-11(19(2)3)5-6-12(10)13-8-15(21)17-16-14(13)9-20(4)18-16/h5-7,9,13H,8H2,1-4H3,(H,17,18,21). The molecule has 1 atom stereocenters. The zero-order valence-corrected chi connectivity index (χ0v) is 12.8. The molecular weight excluding hydrogens is 264 g/mol. The average Bonchev–Trinajstić information content (AvgIpc) is 2.77. The first-order chi connectivity index (χ1) is 9.95. The number of aryl methyl sites for hydroxylation is 2. The quantitative estimate of drug-likeness (QED) is 0.920. The van der Waals surface area contributed by atoms with Gasteiger partial charge in [0, 0.05) is 50.9 Å². The summed E-state index contributed by atoms with van der Waals surface area (Å²) < 4.78 is 1.76. The minimum atomic E-state index is 0.0299. The molecule has 1 unspecified atom stereocenters. The summed E-state index contributed by atoms with van der Waals surface area (Å²) in [6, 6.07) is 6.40. The Bertz CT molecular complexity index is 702. The number of hydrogen-bond acceptors (Lipinski definition) is 3. The van der Waals surface area contributed by atoms with Crippen molar-refractivity contribution >= 4 is 17.4 Å². The minimum Gasteiger partial charge on any atom is -0.378 e. The summed E-state index contributed by atoms with van der Waals surface area (Å²) in [6.45, 7) is 2.10. The summed E-state index contributed by atoms with van der Waals surface area (Å²) in [5, 5.41) is 7.18. The smallest absolute Gasteiger partial charge is 0.226 e. The number of aromatic nitrogens is 2. The number of carbonyl (C=O) groups is 1. The fraction of sp³-hybridized carbons (Fsp3) is 0.375. The molecule has 2 heterocycles. The lowest BCUT2D eigenvalue weighted by molar-refractivity contribution is -0.116. The van der Waals surface area contributed by atoms with E-state index in [1.165, 1.54) is 16.8 Å². The highest BCUT2D eigenvalue weighted by Gasteiger charge is 2.29. The molecule has 110 valence electrons. The molecule has 5 heteroatoms. The Kier molecular flexibility index (Phi) is 3.20. The fourth-order valence-corrected chi connectivity index (χ4v) is 2.94. The van der Waals surface area contributed by atoms with E-state index in [0.29, 0.717) is 12.2 Å². The summed E-state index contributed by atoms with van der Waals surface area (Å²) in [5.41, 5.74) is 4.67. The molecular formula is C16H20N4O. The van der Waals surface area contributed by atoms with Crippen LogP contribution < -0.4 is 10.2 Å². The lowest BCUT2D eigenvalue weighted by Gasteiger charge is -2.24. The van der Waals surface area contributed by atoms with E-state index in [4.69, 9.17) is 0 Å². The number of rotatable bonds is 2. The van der Waals surface area contributed by atoms with Crippen molar-refractivity contribution in [2.24, 2.45) is 7.05 Å². The summed E-state index contributed by atoms with van der Waals surface area (Å²) in [4.78, 5) is 14.0. The second-order valence-electron chi connectivity index (χ2n) is 5.85. The van der Waals surface area contributed by atoms with Gasteiger partial charge in [-0.1, -0.05) is 6.07 Å². The van der Waals surface area contributed by atoms with Gasteiger partial charge in [0.25, 0.3) is 0 Å². The normalized spacial score (nSPS) is 17.3. The van der Waals surface area contributed by atoms with Gasteiger partial charge in [-0.05, 0) is 30.2 Å². The minimum absolute atomic E-state index is 0.0299. The van der Waals surface area contributed by atoms with Crippen molar-refractivity contribution in [1.82, 2.24) is 9.78 Å². The zero-order chi connectivity index (χ0) is 15.1. The molecule has 0 radical (unpaired) electrons. The van der Waals surface area contributed by atoms with E-state index in [0.717, 1.165) is 5.56 Å². The molecule has 1 aromatic carbocycles. The monoisotopic (exact) mass is 284 g/mol. The van der Waals surface area contributed by atoms with Crippen molar-refractivity contribution in [2.45, 2.75) is 19.3 Å². The molecule has 3 rings (SSSR count). The number of anilines is 2. The van der Waals surface area contributed by atoms with Crippen LogP contribution in [-0.2, 0) is 11.8 Å². The largest absolute Gasteiger partial charge is 0.378 e. The summed E-state index contributed by atoms with van der Waals surface area (Å²) >= 11 is 0. The molecule has 0 fully saturated rings. The maximum Gasteiger partial charge on any atom is 0.226 e. The maximum atomic E-state index is 11.9. The van der Waals surface area contributed by atoms with Gasteiger partial charge in [-0.25, -0.2) is 0 Å². The van der Waals surface area contributed by atoms with E-state index < -0.39 is 0 Å². The highest BCUT2D eigenvalue weighted by Crippen LogP contribution is 2.38. The molecule has 1 aliphatic rings. The van der Waals surface area contributed by atoms with E-state index in [2.05, 4.69) is 40.4 Å². The topological polar surface area (TPSA) is 50.2 Å². The number of hydrogen-bond donors (Lipinski definition) is 1. The molecule has 0 spiro atoms. The van der Waals surface area contributed by atoms with Gasteiger partial charge >= 0.3 is 0 Å². The Morgan fingerprint density at radius 2 is 2.10 bits per heavy atom. The van der Waals surface area contributed by atoms with Crippen molar-refractivity contribution in [2.75, 3.05) is 24.3 Å². The van der Waals surface area contributed by atoms with E-state index in [1.807, 2.05) is 27.3 Å². The van der Waals surface area contributed by atoms with Gasteiger partial charge in [0.05, 0.1) is 0 Å². The highest BCUT2D eigenvalue weighted by atomic mass is 16.1. The number of nitrogens with one attached hydrogen (secondary N) is 1. The first kappa shape index (κ1) is 13.7. The van der Waals surface area contributed by atoms with Gasteiger partial charge in [0.2, 0.25) is 5.91 Å². The van der Waals surface area contributed by atoms with Gasteiger partial charge in [0.15, 0.2) is 5.82 Å². The Morgan fingerprint density at radius 3 is 2.76 bits per heavy atom. The van der Waals surface area contributed by atoms with Crippen LogP contribution in [0.3, 0.4) is 0 Å². The molecule has 5 nitrogen and oxygen atoms in total. The Labute approximate surface area is 124 Å². The Hall–Kier alpha value is -2.30. The maximum absolute atomic E-state index is 11.9. The third-order valence-electron chi connectivity index (χ3n) is 4.03. The van der Waals surface area contributed by atoms with Crippen molar-refractivity contribution in [1.29, 1.82) is 0 Å². The molecule has 1 aromatic heterocycles. The number of fused-ring (bicyclic) bond motifs is 1. The molecule has 2 aromatic rings. The predicted octanol–water partition coefficient (Wildman–Crippen LogP) is 2.27. The van der Waals surface area contributed by atoms with Gasteiger partial charge in [-0.15, -0.1) is 0 Å². The number of benzene rings is 1. The van der Waals surface area contributed by atoms with Crippen molar-refractivity contribution < 1.29 is 4.79 Å². The predicted molar refractivity (Wildman–Crippen MR) is 83.8 cm³/mol. The zero-order valence-electron chi connectivity index (χ0n) is 12.8. The van der Waals surface area contributed by atoms with Crippen molar-refractivity contribution in [3.05, 3.63) is 41.1 Å². The van der Waals surface area contributed by atoms with E-state index in [-0.39, 0.29) is 11.8 Å². The Balaban J connectivity index is 2.06. The summed E-state index contributed by atoms with van der Waals surface area (Å²) in [7, 11) is 5.94. The van der Waals surface area contributed by atoms with Gasteiger partial charge < -0.3 is 10.2 Å². The van der Waals surface area contributed by atoms with Crippen LogP contribution in [0.15, 0.2) is 24.4 Å². The van der Waals surface area contributed by atoms with E-state index in [9.17, 15) is 4.79 Å². The lowest BCUT2D eigenvalue weighted by atomic mass is 9.85. The van der Waals surface area contributed by atoms with E-state index >= 15 is 0 Å². The SMILES string of the molecule is Cc1cc(N(C)C)ccc1C1CC(=O)Nc2nn(C)cc21. The lowest BCUT2D eigenvalue weighted by Crippen LogP contribution is -2.23. The van der Waals surface area contributed by atoms with Crippen LogP contribution in [-0.4, -0.2) is 29.8 Å². The van der Waals surface area contributed by atoms with Crippen LogP contribution >= 0.6 is 0 Å². The number of amides is 1. The summed E-state index contributed by atoms with van der Waals surface area (Å²) in [6.07, 6.45) is 2.47. The van der Waals surface area contributed by atoms with Crippen molar-refractivity contribution in [3.8, 4) is 0 Å². The van der Waals surface area contributed by atoms with E-state index in [1.54, 1.807) is 4.68 Å². The van der Waals surface area contributed by atoms with Crippen LogP contribution in [0.25, 0.3) is 0 Å². The molecule has 0 saturated carbocycles. The van der Waals surface area contributed by atoms with Gasteiger partial charge in [-0.3, -0.25) is 9.48 Å². The van der Waals surface area contributed by atoms with Crippen LogP contribution in [0.1, 0.15) is 29.0 Å². The first-order valence-corrected chi connectivity index (χ1v) is 7.07. The first-order valence-electron chi connectivity index (χ1n) is 7.07. The molecule has 1 N–H and O–H groups in total. The van der Waals surface area contributed by atoms with Gasteiger partial charge in [-0.2, -0.15) is 5.10 Å². The molecule has 1 aliphatic heterocycles.